The number of ether oxygens (including phenoxy) is 2. The van der Waals surface area contributed by atoms with Gasteiger partial charge in [-0.3, -0.25) is 4.79 Å². The maximum atomic E-state index is 13.5. The van der Waals surface area contributed by atoms with Crippen molar-refractivity contribution in [1.82, 2.24) is 9.66 Å². The van der Waals surface area contributed by atoms with Crippen molar-refractivity contribution in [2.45, 2.75) is 6.92 Å². The molecule has 5 rings (SSSR count). The van der Waals surface area contributed by atoms with Gasteiger partial charge in [-0.15, -0.1) is 0 Å². The van der Waals surface area contributed by atoms with Crippen LogP contribution in [-0.4, -0.2) is 35.1 Å². The summed E-state index contributed by atoms with van der Waals surface area (Å²) >= 11 is 3.44. The van der Waals surface area contributed by atoms with Crippen LogP contribution in [0.3, 0.4) is 0 Å². The normalized spacial score (nSPS) is 11.4. The molecule has 180 valence electrons. The zero-order valence-electron chi connectivity index (χ0n) is 19.2. The molecule has 0 spiro atoms. The highest BCUT2D eigenvalue weighted by atomic mass is 79.9. The van der Waals surface area contributed by atoms with Crippen LogP contribution in [0.2, 0.25) is 0 Å². The van der Waals surface area contributed by atoms with Gasteiger partial charge < -0.3 is 13.9 Å². The lowest BCUT2D eigenvalue weighted by molar-refractivity contribution is -0.145. The quantitative estimate of drug-likeness (QED) is 0.201. The number of hydrogen-bond acceptors (Lipinski definition) is 7. The van der Waals surface area contributed by atoms with Gasteiger partial charge in [0.1, 0.15) is 11.3 Å². The van der Waals surface area contributed by atoms with Crippen molar-refractivity contribution >= 4 is 50.0 Å². The molecule has 9 heteroatoms. The Morgan fingerprint density at radius 3 is 2.75 bits per heavy atom. The maximum absolute atomic E-state index is 13.5. The number of hydrogen-bond donors (Lipinski definition) is 0. The lowest BCUT2D eigenvalue weighted by Gasteiger charge is -2.10. The fraction of sp³-hybridized carbons (Fsp3) is 0.111. The smallest absolute Gasteiger partial charge is 0.344 e. The summed E-state index contributed by atoms with van der Waals surface area (Å²) in [5.41, 5.74) is 1.40. The van der Waals surface area contributed by atoms with Crippen LogP contribution in [0.5, 0.6) is 5.75 Å². The largest absolute Gasteiger partial charge is 0.481 e. The lowest BCUT2D eigenvalue weighted by atomic mass is 10.2. The monoisotopic (exact) mass is 545 g/mol. The molecule has 0 atom stereocenters. The Morgan fingerprint density at radius 1 is 1.11 bits per heavy atom. The van der Waals surface area contributed by atoms with E-state index in [1.54, 1.807) is 43.3 Å². The predicted octanol–water partition coefficient (Wildman–Crippen LogP) is 5.40. The fourth-order valence-corrected chi connectivity index (χ4v) is 4.07. The van der Waals surface area contributed by atoms with Crippen molar-refractivity contribution in [3.05, 3.63) is 93.2 Å². The second-order valence-corrected chi connectivity index (χ2v) is 8.65. The minimum Gasteiger partial charge on any atom is -0.481 e. The number of para-hydroxylation sites is 2. The van der Waals surface area contributed by atoms with E-state index in [0.29, 0.717) is 33.6 Å². The van der Waals surface area contributed by atoms with E-state index in [1.807, 2.05) is 36.4 Å². The molecule has 0 aliphatic rings. The van der Waals surface area contributed by atoms with Gasteiger partial charge in [0.2, 0.25) is 5.82 Å². The van der Waals surface area contributed by atoms with E-state index in [2.05, 4.69) is 26.0 Å². The molecule has 0 aliphatic heterocycles. The molecule has 0 N–H and O–H groups in total. The van der Waals surface area contributed by atoms with E-state index < -0.39 is 5.97 Å². The van der Waals surface area contributed by atoms with E-state index in [4.69, 9.17) is 13.9 Å². The van der Waals surface area contributed by atoms with Gasteiger partial charge in [0.25, 0.3) is 5.56 Å². The fourth-order valence-electron chi connectivity index (χ4n) is 3.69. The van der Waals surface area contributed by atoms with Crippen LogP contribution in [0.4, 0.5) is 0 Å². The number of nitrogens with zero attached hydrogens (tertiary/aromatic N) is 3. The van der Waals surface area contributed by atoms with Crippen LogP contribution in [0.1, 0.15) is 12.5 Å². The van der Waals surface area contributed by atoms with Crippen LogP contribution in [0, 0.1) is 0 Å². The first kappa shape index (κ1) is 23.5. The lowest BCUT2D eigenvalue weighted by Crippen LogP contribution is -2.20. The molecule has 0 saturated carbocycles. The van der Waals surface area contributed by atoms with Crippen LogP contribution >= 0.6 is 15.9 Å². The number of rotatable bonds is 7. The first-order chi connectivity index (χ1) is 17.5. The first-order valence-electron chi connectivity index (χ1n) is 11.2. The van der Waals surface area contributed by atoms with Crippen molar-refractivity contribution < 1.29 is 18.7 Å². The molecule has 0 aliphatic carbocycles. The molecule has 0 bridgehead atoms. The minimum absolute atomic E-state index is 0.252. The standard InChI is InChI=1S/C27H20BrN3O5/c1-2-34-25(32)16-35-22-12-11-19(28)13-18(22)15-29-31-26(24-14-17-7-3-6-10-23(17)36-24)30-21-9-5-4-8-20(21)27(31)33/h3-15H,2,16H2,1H3. The average Bonchev–Trinajstić information content (AvgIpc) is 3.32. The summed E-state index contributed by atoms with van der Waals surface area (Å²) in [6, 6.07) is 21.7. The Kier molecular flexibility index (Phi) is 6.64. The zero-order chi connectivity index (χ0) is 25.1. The highest BCUT2D eigenvalue weighted by Gasteiger charge is 2.16. The number of halogens is 1. The summed E-state index contributed by atoms with van der Waals surface area (Å²) in [4.78, 5) is 29.9. The third-order valence-corrected chi connectivity index (χ3v) is 5.83. The van der Waals surface area contributed by atoms with Crippen LogP contribution < -0.4 is 10.3 Å². The number of fused-ring (bicyclic) bond motifs is 2. The van der Waals surface area contributed by atoms with Gasteiger partial charge in [0, 0.05) is 15.4 Å². The Hall–Kier alpha value is -4.24. The average molecular weight is 546 g/mol. The number of aromatic nitrogens is 2. The molecule has 0 saturated heterocycles. The summed E-state index contributed by atoms with van der Waals surface area (Å²) in [5, 5.41) is 5.78. The number of esters is 1. The Morgan fingerprint density at radius 2 is 1.92 bits per heavy atom. The Balaban J connectivity index is 1.61. The molecule has 2 heterocycles. The number of benzene rings is 3. The predicted molar refractivity (Wildman–Crippen MR) is 140 cm³/mol. The van der Waals surface area contributed by atoms with Crippen molar-refractivity contribution in [1.29, 1.82) is 0 Å². The van der Waals surface area contributed by atoms with Crippen molar-refractivity contribution in [3.8, 4) is 17.3 Å². The molecule has 0 radical (unpaired) electrons. The van der Waals surface area contributed by atoms with E-state index in [1.165, 1.54) is 10.9 Å². The van der Waals surface area contributed by atoms with Crippen molar-refractivity contribution in [2.24, 2.45) is 5.10 Å². The number of carbonyl (C=O) groups excluding carboxylic acids is 1. The van der Waals surface area contributed by atoms with Crippen molar-refractivity contribution in [2.75, 3.05) is 13.2 Å². The Bertz CT molecular complexity index is 1640. The molecule has 8 nitrogen and oxygen atoms in total. The van der Waals surface area contributed by atoms with E-state index in [-0.39, 0.29) is 24.6 Å². The number of carbonyl (C=O) groups is 1. The molecule has 2 aromatic heterocycles. The van der Waals surface area contributed by atoms with Gasteiger partial charge in [-0.2, -0.15) is 9.78 Å². The summed E-state index contributed by atoms with van der Waals surface area (Å²) in [7, 11) is 0. The van der Waals surface area contributed by atoms with E-state index in [9.17, 15) is 9.59 Å². The molecule has 5 aromatic rings. The van der Waals surface area contributed by atoms with Gasteiger partial charge in [-0.25, -0.2) is 9.78 Å². The SMILES string of the molecule is CCOC(=O)COc1ccc(Br)cc1C=Nn1c(-c2cc3ccccc3o2)nc2ccccc2c1=O. The van der Waals surface area contributed by atoms with Gasteiger partial charge in [-0.1, -0.05) is 46.3 Å². The summed E-state index contributed by atoms with van der Waals surface area (Å²) in [6.07, 6.45) is 1.48. The van der Waals surface area contributed by atoms with Crippen LogP contribution in [-0.2, 0) is 9.53 Å². The highest BCUT2D eigenvalue weighted by Crippen LogP contribution is 2.27. The molecule has 3 aromatic carbocycles. The molecular weight excluding hydrogens is 526 g/mol. The van der Waals surface area contributed by atoms with Crippen LogP contribution in [0.15, 0.2) is 91.6 Å². The van der Waals surface area contributed by atoms with Gasteiger partial charge >= 0.3 is 5.97 Å². The van der Waals surface area contributed by atoms with E-state index >= 15 is 0 Å². The molecule has 0 amide bonds. The Labute approximate surface area is 213 Å². The minimum atomic E-state index is -0.481. The first-order valence-corrected chi connectivity index (χ1v) is 12.0. The third-order valence-electron chi connectivity index (χ3n) is 5.33. The summed E-state index contributed by atoms with van der Waals surface area (Å²) < 4.78 is 18.6. The molecule has 36 heavy (non-hydrogen) atoms. The highest BCUT2D eigenvalue weighted by molar-refractivity contribution is 9.10. The zero-order valence-corrected chi connectivity index (χ0v) is 20.8. The van der Waals surface area contributed by atoms with Gasteiger partial charge in [0.15, 0.2) is 12.4 Å². The number of furan rings is 1. The maximum Gasteiger partial charge on any atom is 0.344 e. The molecule has 0 fully saturated rings. The summed E-state index contributed by atoms with van der Waals surface area (Å²) in [6.45, 7) is 1.74. The second-order valence-electron chi connectivity index (χ2n) is 7.74. The second kappa shape index (κ2) is 10.2. The molecule has 0 unspecified atom stereocenters. The van der Waals surface area contributed by atoms with Crippen LogP contribution in [0.25, 0.3) is 33.5 Å². The third kappa shape index (κ3) is 4.78. The van der Waals surface area contributed by atoms with Crippen molar-refractivity contribution in [3.63, 3.8) is 0 Å². The topological polar surface area (TPSA) is 95.9 Å². The van der Waals surface area contributed by atoms with Gasteiger partial charge in [-0.05, 0) is 49.4 Å². The molecular formula is C27H20BrN3O5. The van der Waals surface area contributed by atoms with Gasteiger partial charge in [0.05, 0.1) is 23.7 Å². The summed E-state index contributed by atoms with van der Waals surface area (Å²) in [5.74, 6) is 0.590. The van der Waals surface area contributed by atoms with E-state index in [0.717, 1.165) is 9.86 Å².